The smallest absolute Gasteiger partial charge is 0.0446 e. The van der Waals surface area contributed by atoms with Gasteiger partial charge < -0.3 is 5.32 Å². The van der Waals surface area contributed by atoms with Crippen molar-refractivity contribution in [1.82, 2.24) is 5.32 Å². The zero-order valence-electron chi connectivity index (χ0n) is 11.8. The molecule has 112 valence electrons. The third-order valence-electron chi connectivity index (χ3n) is 4.23. The van der Waals surface area contributed by atoms with Crippen molar-refractivity contribution in [1.29, 1.82) is 0 Å². The third-order valence-corrected chi connectivity index (χ3v) is 7.07. The topological polar surface area (TPSA) is 12.0 Å². The first-order chi connectivity index (χ1) is 10.2. The van der Waals surface area contributed by atoms with Crippen molar-refractivity contribution in [3.05, 3.63) is 55.1 Å². The Morgan fingerprint density at radius 3 is 2.62 bits per heavy atom. The van der Waals surface area contributed by atoms with Gasteiger partial charge in [0.25, 0.3) is 0 Å². The van der Waals surface area contributed by atoms with Crippen LogP contribution in [0.4, 0.5) is 0 Å². The van der Waals surface area contributed by atoms with E-state index in [9.17, 15) is 0 Å². The molecule has 0 bridgehead atoms. The zero-order valence-corrected chi connectivity index (χ0v) is 15.8. The van der Waals surface area contributed by atoms with E-state index in [2.05, 4.69) is 72.9 Å². The summed E-state index contributed by atoms with van der Waals surface area (Å²) in [6, 6.07) is 11.4. The average molecular weight is 429 g/mol. The van der Waals surface area contributed by atoms with Crippen LogP contribution in [0, 0.1) is 5.92 Å². The minimum Gasteiger partial charge on any atom is -0.305 e. The van der Waals surface area contributed by atoms with E-state index >= 15 is 0 Å². The number of halogens is 2. The van der Waals surface area contributed by atoms with Gasteiger partial charge in [0.2, 0.25) is 0 Å². The van der Waals surface area contributed by atoms with Crippen LogP contribution < -0.4 is 5.32 Å². The van der Waals surface area contributed by atoms with E-state index in [1.54, 1.807) is 0 Å². The van der Waals surface area contributed by atoms with Gasteiger partial charge in [-0.25, -0.2) is 0 Å². The predicted molar refractivity (Wildman–Crippen MR) is 97.7 cm³/mol. The molecule has 2 aromatic rings. The van der Waals surface area contributed by atoms with E-state index in [0.29, 0.717) is 6.04 Å². The van der Waals surface area contributed by atoms with Gasteiger partial charge in [0.05, 0.1) is 0 Å². The number of rotatable bonds is 5. The molecule has 1 aliphatic carbocycles. The molecule has 1 aromatic heterocycles. The zero-order chi connectivity index (χ0) is 14.7. The van der Waals surface area contributed by atoms with Gasteiger partial charge in [0.15, 0.2) is 0 Å². The molecule has 0 spiro atoms. The maximum absolute atomic E-state index is 3.80. The summed E-state index contributed by atoms with van der Waals surface area (Å²) in [5.41, 5.74) is 1.32. The highest BCUT2D eigenvalue weighted by Crippen LogP contribution is 2.37. The summed E-state index contributed by atoms with van der Waals surface area (Å²) in [5.74, 6) is 0.794. The summed E-state index contributed by atoms with van der Waals surface area (Å²) < 4.78 is 2.23. The molecule has 1 heterocycles. The van der Waals surface area contributed by atoms with Gasteiger partial charge in [0.1, 0.15) is 0 Å². The van der Waals surface area contributed by atoms with Crippen molar-refractivity contribution in [2.45, 2.75) is 38.3 Å². The van der Waals surface area contributed by atoms with Gasteiger partial charge in [-0.05, 0) is 79.8 Å². The molecule has 1 unspecified atom stereocenters. The molecular weight excluding hydrogens is 410 g/mol. The second kappa shape index (κ2) is 7.40. The van der Waals surface area contributed by atoms with Crippen LogP contribution in [0.5, 0.6) is 0 Å². The number of thiophene rings is 1. The molecule has 1 nitrogen and oxygen atoms in total. The van der Waals surface area contributed by atoms with Crippen LogP contribution in [-0.4, -0.2) is 0 Å². The van der Waals surface area contributed by atoms with Crippen molar-refractivity contribution in [3.63, 3.8) is 0 Å². The van der Waals surface area contributed by atoms with Crippen LogP contribution in [-0.2, 0) is 6.54 Å². The Hall–Kier alpha value is -0.160. The summed E-state index contributed by atoms with van der Waals surface area (Å²) in [6.07, 6.45) is 5.50. The van der Waals surface area contributed by atoms with E-state index in [1.807, 2.05) is 11.3 Å². The lowest BCUT2D eigenvalue weighted by Gasteiger charge is -2.24. The fourth-order valence-electron chi connectivity index (χ4n) is 3.14. The average Bonchev–Trinajstić information content (AvgIpc) is 3.16. The first kappa shape index (κ1) is 15.7. The Balaban J connectivity index is 1.71. The first-order valence-electron chi connectivity index (χ1n) is 7.45. The van der Waals surface area contributed by atoms with E-state index in [0.717, 1.165) is 21.4 Å². The highest BCUT2D eigenvalue weighted by Gasteiger charge is 2.26. The Labute approximate surface area is 147 Å². The summed E-state index contributed by atoms with van der Waals surface area (Å²) in [7, 11) is 0. The van der Waals surface area contributed by atoms with Gasteiger partial charge in [-0.3, -0.25) is 0 Å². The molecule has 3 rings (SSSR count). The van der Waals surface area contributed by atoms with E-state index in [-0.39, 0.29) is 0 Å². The highest BCUT2D eigenvalue weighted by molar-refractivity contribution is 9.13. The molecule has 1 aliphatic rings. The molecule has 1 N–H and O–H groups in total. The fraction of sp³-hybridized carbons (Fsp3) is 0.412. The Kier molecular flexibility index (Phi) is 5.54. The van der Waals surface area contributed by atoms with Crippen LogP contribution in [0.15, 0.2) is 44.7 Å². The Morgan fingerprint density at radius 1 is 1.14 bits per heavy atom. The maximum atomic E-state index is 3.80. The fourth-order valence-corrected chi connectivity index (χ4v) is 4.70. The highest BCUT2D eigenvalue weighted by atomic mass is 79.9. The molecule has 4 heteroatoms. The summed E-state index contributed by atoms with van der Waals surface area (Å²) in [6.45, 7) is 0.922. The van der Waals surface area contributed by atoms with Gasteiger partial charge >= 0.3 is 0 Å². The van der Waals surface area contributed by atoms with Crippen LogP contribution in [0.1, 0.15) is 42.2 Å². The number of hydrogen-bond donors (Lipinski definition) is 1. The van der Waals surface area contributed by atoms with E-state index in [1.165, 1.54) is 36.1 Å². The monoisotopic (exact) mass is 427 g/mol. The molecule has 21 heavy (non-hydrogen) atoms. The van der Waals surface area contributed by atoms with Crippen LogP contribution >= 0.6 is 43.2 Å². The van der Waals surface area contributed by atoms with Crippen LogP contribution in [0.2, 0.25) is 0 Å². The molecular formula is C17H19Br2NS. The molecule has 0 amide bonds. The van der Waals surface area contributed by atoms with E-state index in [4.69, 9.17) is 0 Å². The van der Waals surface area contributed by atoms with Gasteiger partial charge in [-0.2, -0.15) is 0 Å². The minimum atomic E-state index is 0.509. The second-order valence-corrected chi connectivity index (χ2v) is 8.35. The molecule has 0 saturated heterocycles. The number of nitrogens with one attached hydrogen (secondary N) is 1. The molecule has 1 saturated carbocycles. The normalized spacial score (nSPS) is 17.2. The van der Waals surface area contributed by atoms with Crippen molar-refractivity contribution in [3.8, 4) is 0 Å². The summed E-state index contributed by atoms with van der Waals surface area (Å²) in [4.78, 5) is 1.48. The van der Waals surface area contributed by atoms with Gasteiger partial charge in [0, 0.05) is 26.4 Å². The SMILES string of the molecule is Brc1ccc(CNC(c2cccs2)C2CCCC2)cc1Br. The lowest BCUT2D eigenvalue weighted by molar-refractivity contribution is 0.371. The van der Waals surface area contributed by atoms with Gasteiger partial charge in [-0.15, -0.1) is 11.3 Å². The van der Waals surface area contributed by atoms with E-state index < -0.39 is 0 Å². The molecule has 1 atom stereocenters. The van der Waals surface area contributed by atoms with Crippen molar-refractivity contribution in [2.24, 2.45) is 5.92 Å². The minimum absolute atomic E-state index is 0.509. The molecule has 0 radical (unpaired) electrons. The lowest BCUT2D eigenvalue weighted by Crippen LogP contribution is -2.26. The van der Waals surface area contributed by atoms with Crippen LogP contribution in [0.25, 0.3) is 0 Å². The van der Waals surface area contributed by atoms with Gasteiger partial charge in [-0.1, -0.05) is 25.0 Å². The Bertz CT molecular complexity index is 576. The first-order valence-corrected chi connectivity index (χ1v) is 9.91. The van der Waals surface area contributed by atoms with Crippen molar-refractivity contribution >= 4 is 43.2 Å². The molecule has 1 fully saturated rings. The quantitative estimate of drug-likeness (QED) is 0.589. The van der Waals surface area contributed by atoms with Crippen LogP contribution in [0.3, 0.4) is 0 Å². The lowest BCUT2D eigenvalue weighted by atomic mass is 9.96. The predicted octanol–water partition coefficient (Wildman–Crippen LogP) is 6.29. The number of hydrogen-bond acceptors (Lipinski definition) is 2. The largest absolute Gasteiger partial charge is 0.305 e. The molecule has 0 aliphatic heterocycles. The summed E-state index contributed by atoms with van der Waals surface area (Å²) >= 11 is 8.99. The molecule has 1 aromatic carbocycles. The van der Waals surface area contributed by atoms with Crippen molar-refractivity contribution in [2.75, 3.05) is 0 Å². The second-order valence-electron chi connectivity index (χ2n) is 5.67. The standard InChI is InChI=1S/C17H19Br2NS/c18-14-8-7-12(10-15(14)19)11-20-17(13-4-1-2-5-13)16-6-3-9-21-16/h3,6-10,13,17,20H,1-2,4-5,11H2. The maximum Gasteiger partial charge on any atom is 0.0446 e. The van der Waals surface area contributed by atoms with Crippen molar-refractivity contribution < 1.29 is 0 Å². The third kappa shape index (κ3) is 3.98. The Morgan fingerprint density at radius 2 is 1.95 bits per heavy atom. The number of benzene rings is 1. The summed E-state index contributed by atoms with van der Waals surface area (Å²) in [5, 5.41) is 5.99.